The van der Waals surface area contributed by atoms with Gasteiger partial charge in [-0.2, -0.15) is 5.26 Å². The molecule has 0 bridgehead atoms. The molecular formula is C12H12N4O4. The number of hydrogen-bond acceptors (Lipinski definition) is 6. The summed E-state index contributed by atoms with van der Waals surface area (Å²) in [5.41, 5.74) is -0.165. The molecule has 0 amide bonds. The van der Waals surface area contributed by atoms with Crippen LogP contribution in [-0.2, 0) is 4.79 Å². The van der Waals surface area contributed by atoms with Gasteiger partial charge in [0.15, 0.2) is 0 Å². The molecule has 20 heavy (non-hydrogen) atoms. The minimum Gasteiger partial charge on any atom is -0.481 e. The molecule has 0 aromatic carbocycles. The maximum absolute atomic E-state index is 11.0. The van der Waals surface area contributed by atoms with E-state index in [1.807, 2.05) is 6.07 Å². The van der Waals surface area contributed by atoms with E-state index in [9.17, 15) is 14.9 Å². The number of hydrogen-bond donors (Lipinski definition) is 1. The number of carboxylic acid groups (broad SMARTS) is 1. The predicted molar refractivity (Wildman–Crippen MR) is 68.2 cm³/mol. The van der Waals surface area contributed by atoms with Crippen LogP contribution in [0.3, 0.4) is 0 Å². The SMILES string of the molecule is N#Cc1cc([N+](=O)[O-])cnc1N1CCCC(C(=O)O)C1. The van der Waals surface area contributed by atoms with Crippen LogP contribution in [0, 0.1) is 27.4 Å². The second kappa shape index (κ2) is 5.52. The van der Waals surface area contributed by atoms with Gasteiger partial charge in [-0.1, -0.05) is 0 Å². The number of nitrogens with zero attached hydrogens (tertiary/aromatic N) is 4. The lowest BCUT2D eigenvalue weighted by molar-refractivity contribution is -0.385. The fraction of sp³-hybridized carbons (Fsp3) is 0.417. The molecule has 1 aromatic rings. The molecule has 1 unspecified atom stereocenters. The summed E-state index contributed by atoms with van der Waals surface area (Å²) in [4.78, 5) is 26.7. The summed E-state index contributed by atoms with van der Waals surface area (Å²) < 4.78 is 0. The van der Waals surface area contributed by atoms with Gasteiger partial charge < -0.3 is 10.0 Å². The quantitative estimate of drug-likeness (QED) is 0.649. The van der Waals surface area contributed by atoms with Gasteiger partial charge in [-0.3, -0.25) is 14.9 Å². The highest BCUT2D eigenvalue weighted by molar-refractivity contribution is 5.71. The summed E-state index contributed by atoms with van der Waals surface area (Å²) >= 11 is 0. The highest BCUT2D eigenvalue weighted by Crippen LogP contribution is 2.26. The maximum Gasteiger partial charge on any atom is 0.308 e. The molecule has 0 radical (unpaired) electrons. The molecule has 2 rings (SSSR count). The zero-order valence-electron chi connectivity index (χ0n) is 10.5. The average molecular weight is 276 g/mol. The summed E-state index contributed by atoms with van der Waals surface area (Å²) in [6.45, 7) is 0.845. The van der Waals surface area contributed by atoms with Crippen LogP contribution in [0.25, 0.3) is 0 Å². The molecule has 0 aliphatic carbocycles. The van der Waals surface area contributed by atoms with Crippen LogP contribution in [0.2, 0.25) is 0 Å². The van der Waals surface area contributed by atoms with Crippen LogP contribution < -0.4 is 4.90 Å². The summed E-state index contributed by atoms with van der Waals surface area (Å²) in [6, 6.07) is 3.04. The van der Waals surface area contributed by atoms with E-state index in [2.05, 4.69) is 4.98 Å². The summed E-state index contributed by atoms with van der Waals surface area (Å²) in [5.74, 6) is -1.08. The molecule has 8 nitrogen and oxygen atoms in total. The first-order chi connectivity index (χ1) is 9.52. The molecule has 1 atom stereocenters. The van der Waals surface area contributed by atoms with Crippen LogP contribution in [-0.4, -0.2) is 34.1 Å². The smallest absolute Gasteiger partial charge is 0.308 e. The first-order valence-electron chi connectivity index (χ1n) is 6.05. The van der Waals surface area contributed by atoms with E-state index in [-0.39, 0.29) is 17.8 Å². The Hall–Kier alpha value is -2.69. The lowest BCUT2D eigenvalue weighted by atomic mass is 9.98. The van der Waals surface area contributed by atoms with Crippen LogP contribution in [0.1, 0.15) is 18.4 Å². The molecule has 104 valence electrons. The largest absolute Gasteiger partial charge is 0.481 e. The molecule has 1 fully saturated rings. The van der Waals surface area contributed by atoms with E-state index < -0.39 is 16.8 Å². The zero-order chi connectivity index (χ0) is 14.7. The Morgan fingerprint density at radius 3 is 3.00 bits per heavy atom. The number of carboxylic acids is 1. The van der Waals surface area contributed by atoms with Gasteiger partial charge in [0.25, 0.3) is 5.69 Å². The first-order valence-corrected chi connectivity index (χ1v) is 6.05. The van der Waals surface area contributed by atoms with E-state index in [0.717, 1.165) is 12.3 Å². The first kappa shape index (κ1) is 13.7. The molecule has 8 heteroatoms. The van der Waals surface area contributed by atoms with Crippen molar-refractivity contribution in [1.29, 1.82) is 5.26 Å². The van der Waals surface area contributed by atoms with E-state index in [1.54, 1.807) is 4.90 Å². The normalized spacial score (nSPS) is 18.4. The van der Waals surface area contributed by atoms with Gasteiger partial charge in [-0.25, -0.2) is 4.98 Å². The molecular weight excluding hydrogens is 264 g/mol. The van der Waals surface area contributed by atoms with E-state index in [1.165, 1.54) is 0 Å². The summed E-state index contributed by atoms with van der Waals surface area (Å²) in [7, 11) is 0. The third-order valence-corrected chi connectivity index (χ3v) is 3.25. The Morgan fingerprint density at radius 1 is 1.65 bits per heavy atom. The van der Waals surface area contributed by atoms with Crippen LogP contribution in [0.4, 0.5) is 11.5 Å². The fourth-order valence-corrected chi connectivity index (χ4v) is 2.25. The Labute approximate surface area is 114 Å². The van der Waals surface area contributed by atoms with Gasteiger partial charge in [0.2, 0.25) is 0 Å². The van der Waals surface area contributed by atoms with Crippen molar-refractivity contribution in [3.05, 3.63) is 27.9 Å². The number of piperidine rings is 1. The standard InChI is InChI=1S/C12H12N4O4/c13-5-9-4-10(16(19)20)6-14-11(9)15-3-1-2-8(7-15)12(17)18/h4,6,8H,1-3,7H2,(H,17,18). The maximum atomic E-state index is 11.0. The van der Waals surface area contributed by atoms with Gasteiger partial charge in [0.05, 0.1) is 10.8 Å². The lowest BCUT2D eigenvalue weighted by Crippen LogP contribution is -2.39. The highest BCUT2D eigenvalue weighted by Gasteiger charge is 2.28. The molecule has 0 spiro atoms. The molecule has 1 aromatic heterocycles. The number of nitriles is 1. The number of nitro groups is 1. The van der Waals surface area contributed by atoms with Crippen molar-refractivity contribution < 1.29 is 14.8 Å². The lowest BCUT2D eigenvalue weighted by Gasteiger charge is -2.31. The Balaban J connectivity index is 2.30. The van der Waals surface area contributed by atoms with Crippen molar-refractivity contribution in [2.45, 2.75) is 12.8 Å². The summed E-state index contributed by atoms with van der Waals surface area (Å²) in [6.07, 6.45) is 2.35. The Bertz CT molecular complexity index is 596. The molecule has 0 saturated carbocycles. The number of aromatic nitrogens is 1. The topological polar surface area (TPSA) is 120 Å². The molecule has 1 aliphatic heterocycles. The molecule has 1 saturated heterocycles. The Morgan fingerprint density at radius 2 is 2.40 bits per heavy atom. The number of anilines is 1. The van der Waals surface area contributed by atoms with Gasteiger partial charge >= 0.3 is 5.97 Å². The number of aliphatic carboxylic acids is 1. The zero-order valence-corrected chi connectivity index (χ0v) is 10.5. The Kier molecular flexibility index (Phi) is 3.79. The van der Waals surface area contributed by atoms with E-state index in [4.69, 9.17) is 10.4 Å². The number of carbonyl (C=O) groups is 1. The van der Waals surface area contributed by atoms with Gasteiger partial charge in [0.1, 0.15) is 23.6 Å². The van der Waals surface area contributed by atoms with Crippen molar-refractivity contribution in [1.82, 2.24) is 4.98 Å². The van der Waals surface area contributed by atoms with Crippen LogP contribution >= 0.6 is 0 Å². The van der Waals surface area contributed by atoms with Crippen molar-refractivity contribution in [3.63, 3.8) is 0 Å². The molecule has 1 aliphatic rings. The summed E-state index contributed by atoms with van der Waals surface area (Å²) in [5, 5.41) is 28.8. The average Bonchev–Trinajstić information content (AvgIpc) is 2.46. The third kappa shape index (κ3) is 2.66. The van der Waals surface area contributed by atoms with Crippen molar-refractivity contribution in [2.75, 3.05) is 18.0 Å². The van der Waals surface area contributed by atoms with Crippen molar-refractivity contribution >= 4 is 17.5 Å². The molecule has 1 N–H and O–H groups in total. The van der Waals surface area contributed by atoms with E-state index >= 15 is 0 Å². The minimum absolute atomic E-state index is 0.0882. The predicted octanol–water partition coefficient (Wildman–Crippen LogP) is 1.16. The number of rotatable bonds is 3. The van der Waals surface area contributed by atoms with E-state index in [0.29, 0.717) is 25.2 Å². The third-order valence-electron chi connectivity index (χ3n) is 3.25. The minimum atomic E-state index is -0.880. The molecule has 2 heterocycles. The second-order valence-electron chi connectivity index (χ2n) is 4.56. The van der Waals surface area contributed by atoms with Crippen molar-refractivity contribution in [3.8, 4) is 6.07 Å². The van der Waals surface area contributed by atoms with Gasteiger partial charge in [-0.05, 0) is 12.8 Å². The van der Waals surface area contributed by atoms with Gasteiger partial charge in [-0.15, -0.1) is 0 Å². The number of pyridine rings is 1. The van der Waals surface area contributed by atoms with Gasteiger partial charge in [0, 0.05) is 19.2 Å². The van der Waals surface area contributed by atoms with Crippen molar-refractivity contribution in [2.24, 2.45) is 5.92 Å². The second-order valence-corrected chi connectivity index (χ2v) is 4.56. The highest BCUT2D eigenvalue weighted by atomic mass is 16.6. The van der Waals surface area contributed by atoms with Crippen LogP contribution in [0.5, 0.6) is 0 Å². The van der Waals surface area contributed by atoms with Crippen LogP contribution in [0.15, 0.2) is 12.3 Å². The fourth-order valence-electron chi connectivity index (χ4n) is 2.25. The monoisotopic (exact) mass is 276 g/mol.